The molecule has 2 aromatic carbocycles. The fourth-order valence-corrected chi connectivity index (χ4v) is 2.99. The Morgan fingerprint density at radius 1 is 1.04 bits per heavy atom. The van der Waals surface area contributed by atoms with Crippen LogP contribution in [0.2, 0.25) is 0 Å². The van der Waals surface area contributed by atoms with Crippen molar-refractivity contribution in [2.75, 3.05) is 5.43 Å². The summed E-state index contributed by atoms with van der Waals surface area (Å²) in [6.07, 6.45) is 1.75. The highest BCUT2D eigenvalue weighted by molar-refractivity contribution is 6.04. The number of aryl methyl sites for hydroxylation is 1. The van der Waals surface area contributed by atoms with E-state index in [0.29, 0.717) is 11.9 Å². The van der Waals surface area contributed by atoms with E-state index in [1.165, 1.54) is 5.56 Å². The number of nitrogens with zero attached hydrogens (tertiary/aromatic N) is 5. The van der Waals surface area contributed by atoms with E-state index < -0.39 is 0 Å². The third-order valence-electron chi connectivity index (χ3n) is 4.49. The summed E-state index contributed by atoms with van der Waals surface area (Å²) >= 11 is 0. The maximum atomic E-state index is 4.54. The van der Waals surface area contributed by atoms with Gasteiger partial charge in [0.05, 0.1) is 11.7 Å². The number of fused-ring (bicyclic) bond motifs is 3. The van der Waals surface area contributed by atoms with Gasteiger partial charge in [0.1, 0.15) is 5.52 Å². The molecular formula is C20H20N6. The zero-order valence-corrected chi connectivity index (χ0v) is 15.0. The molecule has 4 rings (SSSR count). The fourth-order valence-electron chi connectivity index (χ4n) is 2.99. The molecular weight excluding hydrogens is 324 g/mol. The summed E-state index contributed by atoms with van der Waals surface area (Å²) in [4.78, 5) is 4.54. The first kappa shape index (κ1) is 16.2. The van der Waals surface area contributed by atoms with Crippen LogP contribution in [0.4, 0.5) is 5.95 Å². The Labute approximate surface area is 151 Å². The van der Waals surface area contributed by atoms with Gasteiger partial charge in [-0.05, 0) is 23.1 Å². The average Bonchev–Trinajstić information content (AvgIpc) is 2.95. The molecule has 6 heteroatoms. The zero-order chi connectivity index (χ0) is 18.1. The van der Waals surface area contributed by atoms with Crippen molar-refractivity contribution < 1.29 is 0 Å². The Balaban J connectivity index is 1.57. The molecule has 0 unspecified atom stereocenters. The number of rotatable bonds is 4. The van der Waals surface area contributed by atoms with Gasteiger partial charge in [-0.15, -0.1) is 10.2 Å². The van der Waals surface area contributed by atoms with Crippen molar-refractivity contribution in [3.05, 3.63) is 59.7 Å². The van der Waals surface area contributed by atoms with Gasteiger partial charge in [0.2, 0.25) is 0 Å². The minimum atomic E-state index is 0.374. The second-order valence-corrected chi connectivity index (χ2v) is 6.58. The van der Waals surface area contributed by atoms with Gasteiger partial charge in [-0.3, -0.25) is 0 Å². The Morgan fingerprint density at radius 2 is 1.81 bits per heavy atom. The van der Waals surface area contributed by atoms with E-state index in [0.717, 1.165) is 27.6 Å². The Hall–Kier alpha value is -3.28. The first-order valence-electron chi connectivity index (χ1n) is 8.60. The summed E-state index contributed by atoms with van der Waals surface area (Å²) in [6.45, 7) is 4.36. The van der Waals surface area contributed by atoms with Crippen LogP contribution in [0, 0.1) is 0 Å². The minimum absolute atomic E-state index is 0.374. The number of benzene rings is 2. The Kier molecular flexibility index (Phi) is 4.08. The van der Waals surface area contributed by atoms with Crippen LogP contribution in [0.15, 0.2) is 53.6 Å². The highest BCUT2D eigenvalue weighted by atomic mass is 15.4. The lowest BCUT2D eigenvalue weighted by Crippen LogP contribution is -2.00. The van der Waals surface area contributed by atoms with E-state index in [9.17, 15) is 0 Å². The molecule has 0 atom stereocenters. The molecule has 2 heterocycles. The maximum Gasteiger partial charge on any atom is 0.265 e. The molecule has 0 radical (unpaired) electrons. The zero-order valence-electron chi connectivity index (χ0n) is 15.0. The highest BCUT2D eigenvalue weighted by Crippen LogP contribution is 2.24. The molecule has 0 spiro atoms. The van der Waals surface area contributed by atoms with E-state index in [1.807, 2.05) is 48.0 Å². The molecule has 1 N–H and O–H groups in total. The van der Waals surface area contributed by atoms with Crippen LogP contribution < -0.4 is 5.43 Å². The summed E-state index contributed by atoms with van der Waals surface area (Å²) in [5.41, 5.74) is 7.84. The van der Waals surface area contributed by atoms with Gasteiger partial charge in [0, 0.05) is 12.4 Å². The minimum Gasteiger partial charge on any atom is -0.327 e. The number of hydrogen-bond donors (Lipinski definition) is 1. The number of aromatic nitrogens is 4. The van der Waals surface area contributed by atoms with Gasteiger partial charge in [-0.2, -0.15) is 10.1 Å². The summed E-state index contributed by atoms with van der Waals surface area (Å²) in [5.74, 6) is 0.893. The van der Waals surface area contributed by atoms with E-state index >= 15 is 0 Å². The number of para-hydroxylation sites is 1. The van der Waals surface area contributed by atoms with Gasteiger partial charge in [0.15, 0.2) is 5.65 Å². The summed E-state index contributed by atoms with van der Waals surface area (Å²) in [5, 5.41) is 13.7. The lowest BCUT2D eigenvalue weighted by molar-refractivity contribution is 0.866. The SMILES string of the molecule is CC(C)c1ccc(/C=N/Nc2nnc3c4ccccc4n(C)c3n2)cc1. The van der Waals surface area contributed by atoms with Crippen LogP contribution >= 0.6 is 0 Å². The van der Waals surface area contributed by atoms with Crippen molar-refractivity contribution in [3.8, 4) is 0 Å². The summed E-state index contributed by atoms with van der Waals surface area (Å²) in [7, 11) is 1.97. The predicted octanol–water partition coefficient (Wildman–Crippen LogP) is 4.09. The highest BCUT2D eigenvalue weighted by Gasteiger charge is 2.11. The predicted molar refractivity (Wildman–Crippen MR) is 106 cm³/mol. The maximum absolute atomic E-state index is 4.54. The van der Waals surface area contributed by atoms with Crippen molar-refractivity contribution in [2.24, 2.45) is 12.1 Å². The molecule has 0 bridgehead atoms. The van der Waals surface area contributed by atoms with Crippen molar-refractivity contribution in [2.45, 2.75) is 19.8 Å². The second-order valence-electron chi connectivity index (χ2n) is 6.58. The van der Waals surface area contributed by atoms with E-state index in [-0.39, 0.29) is 0 Å². The van der Waals surface area contributed by atoms with Crippen molar-refractivity contribution >= 4 is 34.2 Å². The van der Waals surface area contributed by atoms with E-state index in [1.54, 1.807) is 6.21 Å². The van der Waals surface area contributed by atoms with E-state index in [2.05, 4.69) is 51.7 Å². The standard InChI is InChI=1S/C20H20N6/c1-13(2)15-10-8-14(9-11-15)12-21-24-20-22-19-18(23-25-20)16-6-4-5-7-17(16)26(19)3/h4-13H,1-3H3,(H,22,24,25)/b21-12+. The molecule has 2 aromatic heterocycles. The monoisotopic (exact) mass is 344 g/mol. The number of hydrazone groups is 1. The summed E-state index contributed by atoms with van der Waals surface area (Å²) < 4.78 is 2.01. The normalized spacial score (nSPS) is 11.8. The van der Waals surface area contributed by atoms with Crippen LogP contribution in [-0.4, -0.2) is 26.0 Å². The average molecular weight is 344 g/mol. The number of hydrogen-bond acceptors (Lipinski definition) is 5. The van der Waals surface area contributed by atoms with Crippen LogP contribution in [0.1, 0.15) is 30.9 Å². The second kappa shape index (κ2) is 6.55. The quantitative estimate of drug-likeness (QED) is 0.447. The number of anilines is 1. The van der Waals surface area contributed by atoms with Crippen LogP contribution in [-0.2, 0) is 7.05 Å². The first-order valence-corrected chi connectivity index (χ1v) is 8.60. The molecule has 0 aliphatic heterocycles. The lowest BCUT2D eigenvalue weighted by atomic mass is 10.0. The Morgan fingerprint density at radius 3 is 2.58 bits per heavy atom. The lowest BCUT2D eigenvalue weighted by Gasteiger charge is -2.04. The molecule has 130 valence electrons. The molecule has 26 heavy (non-hydrogen) atoms. The van der Waals surface area contributed by atoms with Crippen LogP contribution in [0.3, 0.4) is 0 Å². The fraction of sp³-hybridized carbons (Fsp3) is 0.200. The molecule has 0 saturated heterocycles. The van der Waals surface area contributed by atoms with Gasteiger partial charge in [-0.25, -0.2) is 5.43 Å². The summed E-state index contributed by atoms with van der Waals surface area (Å²) in [6, 6.07) is 16.4. The molecule has 0 amide bonds. The van der Waals surface area contributed by atoms with Gasteiger partial charge in [-0.1, -0.05) is 56.3 Å². The van der Waals surface area contributed by atoms with Crippen LogP contribution in [0.5, 0.6) is 0 Å². The third-order valence-corrected chi connectivity index (χ3v) is 4.49. The first-order chi connectivity index (χ1) is 12.6. The number of nitrogens with one attached hydrogen (secondary N) is 1. The molecule has 0 aliphatic carbocycles. The molecule has 0 fully saturated rings. The van der Waals surface area contributed by atoms with Gasteiger partial charge >= 0.3 is 0 Å². The molecule has 0 aliphatic rings. The van der Waals surface area contributed by atoms with Gasteiger partial charge < -0.3 is 4.57 Å². The van der Waals surface area contributed by atoms with E-state index in [4.69, 9.17) is 0 Å². The molecule has 6 nitrogen and oxygen atoms in total. The van der Waals surface area contributed by atoms with Crippen LogP contribution in [0.25, 0.3) is 22.1 Å². The smallest absolute Gasteiger partial charge is 0.265 e. The topological polar surface area (TPSA) is 68.0 Å². The molecule has 4 aromatic rings. The third kappa shape index (κ3) is 2.90. The van der Waals surface area contributed by atoms with Crippen molar-refractivity contribution in [3.63, 3.8) is 0 Å². The largest absolute Gasteiger partial charge is 0.327 e. The molecule has 0 saturated carbocycles. The van der Waals surface area contributed by atoms with Crippen molar-refractivity contribution in [1.82, 2.24) is 19.7 Å². The Bertz CT molecular complexity index is 1090. The van der Waals surface area contributed by atoms with Crippen molar-refractivity contribution in [1.29, 1.82) is 0 Å². The van der Waals surface area contributed by atoms with Gasteiger partial charge in [0.25, 0.3) is 5.95 Å².